The number of carbonyl (C=O) groups excluding carboxylic acids is 1. The average molecular weight is 209 g/mol. The first kappa shape index (κ1) is 11.1. The van der Waals surface area contributed by atoms with Crippen LogP contribution in [0.2, 0.25) is 0 Å². The fourth-order valence-corrected chi connectivity index (χ4v) is 1.23. The van der Waals surface area contributed by atoms with E-state index in [0.29, 0.717) is 0 Å². The summed E-state index contributed by atoms with van der Waals surface area (Å²) in [6, 6.07) is 9.91. The third-order valence-corrected chi connectivity index (χ3v) is 2.27. The van der Waals surface area contributed by atoms with Gasteiger partial charge in [0.1, 0.15) is 0 Å². The van der Waals surface area contributed by atoms with Crippen LogP contribution in [0.3, 0.4) is 0 Å². The molecule has 0 fully saturated rings. The van der Waals surface area contributed by atoms with Crippen molar-refractivity contribution in [2.75, 3.05) is 0 Å². The molecule has 0 spiro atoms. The highest BCUT2D eigenvalue weighted by Gasteiger charge is 2.11. The van der Waals surface area contributed by atoms with Crippen LogP contribution >= 0.6 is 12.6 Å². The van der Waals surface area contributed by atoms with Crippen LogP contribution < -0.4 is 5.32 Å². The zero-order valence-electron chi connectivity index (χ0n) is 8.40. The SMILES string of the molecule is CC(S)C(=O)NC(C)c1ccccc1. The Labute approximate surface area is 90.1 Å². The molecule has 1 aromatic rings. The van der Waals surface area contributed by atoms with Crippen molar-refractivity contribution < 1.29 is 4.79 Å². The van der Waals surface area contributed by atoms with Gasteiger partial charge >= 0.3 is 0 Å². The highest BCUT2D eigenvalue weighted by Crippen LogP contribution is 2.11. The van der Waals surface area contributed by atoms with Crippen molar-refractivity contribution in [3.8, 4) is 0 Å². The van der Waals surface area contributed by atoms with Crippen molar-refractivity contribution in [2.24, 2.45) is 0 Å². The molecule has 0 aromatic heterocycles. The lowest BCUT2D eigenvalue weighted by Crippen LogP contribution is -2.31. The van der Waals surface area contributed by atoms with Crippen LogP contribution in [0.1, 0.15) is 25.5 Å². The molecule has 0 bridgehead atoms. The van der Waals surface area contributed by atoms with Gasteiger partial charge in [0.15, 0.2) is 0 Å². The Morgan fingerprint density at radius 3 is 2.36 bits per heavy atom. The number of benzene rings is 1. The van der Waals surface area contributed by atoms with Gasteiger partial charge in [-0.05, 0) is 19.4 Å². The second-order valence-corrected chi connectivity index (χ2v) is 4.09. The summed E-state index contributed by atoms with van der Waals surface area (Å²) in [5.41, 5.74) is 1.11. The second-order valence-electron chi connectivity index (χ2n) is 3.32. The van der Waals surface area contributed by atoms with Crippen LogP contribution in [-0.4, -0.2) is 11.2 Å². The molecule has 2 atom stereocenters. The Morgan fingerprint density at radius 1 is 1.29 bits per heavy atom. The minimum Gasteiger partial charge on any atom is -0.349 e. The van der Waals surface area contributed by atoms with E-state index in [-0.39, 0.29) is 17.2 Å². The summed E-state index contributed by atoms with van der Waals surface area (Å²) >= 11 is 4.07. The average Bonchev–Trinajstić information content (AvgIpc) is 2.19. The standard InChI is InChI=1S/C11H15NOS/c1-8(12-11(13)9(2)14)10-6-4-3-5-7-10/h3-9,14H,1-2H3,(H,12,13). The van der Waals surface area contributed by atoms with Crippen molar-refractivity contribution in [3.63, 3.8) is 0 Å². The molecular weight excluding hydrogens is 194 g/mol. The molecule has 76 valence electrons. The van der Waals surface area contributed by atoms with E-state index in [0.717, 1.165) is 5.56 Å². The molecular formula is C11H15NOS. The van der Waals surface area contributed by atoms with E-state index in [1.54, 1.807) is 6.92 Å². The van der Waals surface area contributed by atoms with Gasteiger partial charge < -0.3 is 5.32 Å². The Morgan fingerprint density at radius 2 is 1.86 bits per heavy atom. The van der Waals surface area contributed by atoms with E-state index in [2.05, 4.69) is 17.9 Å². The predicted octanol–water partition coefficient (Wildman–Crippen LogP) is 2.18. The Hall–Kier alpha value is -0.960. The molecule has 0 radical (unpaired) electrons. The number of hydrogen-bond acceptors (Lipinski definition) is 2. The topological polar surface area (TPSA) is 29.1 Å². The molecule has 1 N–H and O–H groups in total. The molecule has 2 nitrogen and oxygen atoms in total. The smallest absolute Gasteiger partial charge is 0.233 e. The monoisotopic (exact) mass is 209 g/mol. The van der Waals surface area contributed by atoms with Crippen molar-refractivity contribution in [3.05, 3.63) is 35.9 Å². The van der Waals surface area contributed by atoms with Gasteiger partial charge in [0, 0.05) is 0 Å². The molecule has 0 saturated heterocycles. The molecule has 14 heavy (non-hydrogen) atoms. The van der Waals surface area contributed by atoms with Crippen molar-refractivity contribution >= 4 is 18.5 Å². The van der Waals surface area contributed by atoms with Crippen molar-refractivity contribution in [1.82, 2.24) is 5.32 Å². The third-order valence-electron chi connectivity index (χ3n) is 2.04. The van der Waals surface area contributed by atoms with Crippen LogP contribution in [0.25, 0.3) is 0 Å². The Balaban J connectivity index is 2.59. The fourth-order valence-electron chi connectivity index (χ4n) is 1.16. The molecule has 1 rings (SSSR count). The van der Waals surface area contributed by atoms with E-state index in [9.17, 15) is 4.79 Å². The number of thiol groups is 1. The van der Waals surface area contributed by atoms with E-state index < -0.39 is 0 Å². The van der Waals surface area contributed by atoms with Gasteiger partial charge in [0.25, 0.3) is 0 Å². The maximum Gasteiger partial charge on any atom is 0.233 e. The first-order chi connectivity index (χ1) is 6.61. The zero-order chi connectivity index (χ0) is 10.6. The fraction of sp³-hybridized carbons (Fsp3) is 0.364. The van der Waals surface area contributed by atoms with E-state index in [1.807, 2.05) is 37.3 Å². The largest absolute Gasteiger partial charge is 0.349 e. The number of hydrogen-bond donors (Lipinski definition) is 2. The van der Waals surface area contributed by atoms with Crippen LogP contribution in [0, 0.1) is 0 Å². The number of carbonyl (C=O) groups is 1. The molecule has 2 unspecified atom stereocenters. The summed E-state index contributed by atoms with van der Waals surface area (Å²) in [7, 11) is 0. The number of nitrogens with one attached hydrogen (secondary N) is 1. The molecule has 1 amide bonds. The Kier molecular flexibility index (Phi) is 4.01. The molecule has 0 aliphatic rings. The summed E-state index contributed by atoms with van der Waals surface area (Å²) in [6.45, 7) is 3.72. The maximum absolute atomic E-state index is 11.3. The van der Waals surface area contributed by atoms with Crippen LogP contribution in [0.15, 0.2) is 30.3 Å². The minimum atomic E-state index is -0.263. The van der Waals surface area contributed by atoms with Gasteiger partial charge in [0.05, 0.1) is 11.3 Å². The van der Waals surface area contributed by atoms with Gasteiger partial charge in [-0.2, -0.15) is 12.6 Å². The van der Waals surface area contributed by atoms with Crippen molar-refractivity contribution in [1.29, 1.82) is 0 Å². The van der Waals surface area contributed by atoms with Gasteiger partial charge in [0.2, 0.25) is 5.91 Å². The maximum atomic E-state index is 11.3. The summed E-state index contributed by atoms with van der Waals surface area (Å²) in [5, 5.41) is 2.62. The lowest BCUT2D eigenvalue weighted by atomic mass is 10.1. The van der Waals surface area contributed by atoms with E-state index >= 15 is 0 Å². The number of rotatable bonds is 3. The van der Waals surface area contributed by atoms with Gasteiger partial charge in [-0.15, -0.1) is 0 Å². The molecule has 0 aliphatic heterocycles. The Bertz CT molecular complexity index is 297. The molecule has 3 heteroatoms. The lowest BCUT2D eigenvalue weighted by molar-refractivity contribution is -0.120. The van der Waals surface area contributed by atoms with E-state index in [1.165, 1.54) is 0 Å². The zero-order valence-corrected chi connectivity index (χ0v) is 9.29. The number of amides is 1. The van der Waals surface area contributed by atoms with Crippen molar-refractivity contribution in [2.45, 2.75) is 25.1 Å². The summed E-state index contributed by atoms with van der Waals surface area (Å²) in [4.78, 5) is 11.3. The van der Waals surface area contributed by atoms with E-state index in [4.69, 9.17) is 0 Å². The van der Waals surface area contributed by atoms with Crippen LogP contribution in [0.4, 0.5) is 0 Å². The molecule has 0 heterocycles. The van der Waals surface area contributed by atoms with Crippen LogP contribution in [0.5, 0.6) is 0 Å². The summed E-state index contributed by atoms with van der Waals surface area (Å²) < 4.78 is 0. The van der Waals surface area contributed by atoms with Gasteiger partial charge in [-0.25, -0.2) is 0 Å². The highest BCUT2D eigenvalue weighted by molar-refractivity contribution is 7.81. The van der Waals surface area contributed by atoms with Gasteiger partial charge in [-0.1, -0.05) is 30.3 Å². The molecule has 0 aliphatic carbocycles. The first-order valence-corrected chi connectivity index (χ1v) is 5.16. The predicted molar refractivity (Wildman–Crippen MR) is 61.4 cm³/mol. The lowest BCUT2D eigenvalue weighted by Gasteiger charge is -2.15. The third kappa shape index (κ3) is 3.07. The normalized spacial score (nSPS) is 14.5. The van der Waals surface area contributed by atoms with Gasteiger partial charge in [-0.3, -0.25) is 4.79 Å². The highest BCUT2D eigenvalue weighted by atomic mass is 32.1. The molecule has 0 saturated carbocycles. The van der Waals surface area contributed by atoms with Crippen LogP contribution in [-0.2, 0) is 4.79 Å². The quantitative estimate of drug-likeness (QED) is 0.734. The summed E-state index contributed by atoms with van der Waals surface area (Å²) in [5.74, 6) is -0.0373. The summed E-state index contributed by atoms with van der Waals surface area (Å²) in [6.07, 6.45) is 0. The molecule has 1 aromatic carbocycles. The second kappa shape index (κ2) is 5.05. The minimum absolute atomic E-state index is 0.0373. The first-order valence-electron chi connectivity index (χ1n) is 4.64.